The quantitative estimate of drug-likeness (QED) is 0.672. The molecule has 106 valence electrons. The van der Waals surface area contributed by atoms with E-state index in [1.165, 1.54) is 0 Å². The summed E-state index contributed by atoms with van der Waals surface area (Å²) in [6.07, 6.45) is 3.24. The van der Waals surface area contributed by atoms with Gasteiger partial charge >= 0.3 is 0 Å². The summed E-state index contributed by atoms with van der Waals surface area (Å²) in [6.45, 7) is 4.40. The summed E-state index contributed by atoms with van der Waals surface area (Å²) in [4.78, 5) is 0. The molecule has 0 heterocycles. The Morgan fingerprint density at radius 1 is 1.21 bits per heavy atom. The van der Waals surface area contributed by atoms with E-state index in [9.17, 15) is 0 Å². The molecule has 0 radical (unpaired) electrons. The molecule has 0 aromatic heterocycles. The van der Waals surface area contributed by atoms with Crippen LogP contribution >= 0.6 is 47.8 Å². The first-order valence-electron chi connectivity index (χ1n) is 6.51. The van der Waals surface area contributed by atoms with Crippen LogP contribution < -0.4 is 10.5 Å². The molecule has 1 aromatic rings. The normalized spacial score (nSPS) is 24.9. The van der Waals surface area contributed by atoms with Crippen LogP contribution in [0.4, 0.5) is 0 Å². The molecule has 19 heavy (non-hydrogen) atoms. The van der Waals surface area contributed by atoms with Crippen molar-refractivity contribution in [2.75, 3.05) is 0 Å². The summed E-state index contributed by atoms with van der Waals surface area (Å²) in [5.41, 5.74) is 6.33. The van der Waals surface area contributed by atoms with E-state index in [1.54, 1.807) is 0 Å². The lowest BCUT2D eigenvalue weighted by molar-refractivity contribution is -0.0729. The lowest BCUT2D eigenvalue weighted by Crippen LogP contribution is -2.63. The SMILES string of the molecule is CCC1(CC)C(N)CC1Oc1c(Br)cc(Br)cc1Br. The molecule has 2 N–H and O–H groups in total. The molecule has 0 amide bonds. The zero-order valence-electron chi connectivity index (χ0n) is 11.1. The van der Waals surface area contributed by atoms with Crippen molar-refractivity contribution in [1.29, 1.82) is 0 Å². The van der Waals surface area contributed by atoms with Crippen molar-refractivity contribution in [3.8, 4) is 5.75 Å². The van der Waals surface area contributed by atoms with Crippen LogP contribution in [0, 0.1) is 5.41 Å². The highest BCUT2D eigenvalue weighted by Crippen LogP contribution is 2.49. The third-order valence-corrected chi connectivity index (χ3v) is 6.02. The van der Waals surface area contributed by atoms with Crippen LogP contribution in [-0.2, 0) is 0 Å². The van der Waals surface area contributed by atoms with E-state index >= 15 is 0 Å². The largest absolute Gasteiger partial charge is 0.487 e. The van der Waals surface area contributed by atoms with E-state index in [0.29, 0.717) is 0 Å². The van der Waals surface area contributed by atoms with Gasteiger partial charge in [0, 0.05) is 22.4 Å². The predicted molar refractivity (Wildman–Crippen MR) is 89.6 cm³/mol. The number of ether oxygens (including phenoxy) is 1. The van der Waals surface area contributed by atoms with E-state index in [0.717, 1.165) is 38.4 Å². The third kappa shape index (κ3) is 2.76. The molecular weight excluding hydrogens is 438 g/mol. The molecule has 2 atom stereocenters. The topological polar surface area (TPSA) is 35.2 Å². The molecule has 2 unspecified atom stereocenters. The maximum Gasteiger partial charge on any atom is 0.148 e. The van der Waals surface area contributed by atoms with Gasteiger partial charge < -0.3 is 10.5 Å². The Balaban J connectivity index is 2.23. The maximum atomic E-state index is 6.24. The summed E-state index contributed by atoms with van der Waals surface area (Å²) in [6, 6.07) is 4.25. The van der Waals surface area contributed by atoms with Crippen LogP contribution in [0.5, 0.6) is 5.75 Å². The standard InChI is InChI=1S/C14H18Br3NO/c1-3-14(4-2)11(18)7-12(14)19-13-9(16)5-8(15)6-10(13)17/h5-6,11-12H,3-4,7,18H2,1-2H3. The van der Waals surface area contributed by atoms with Gasteiger partial charge in [0.2, 0.25) is 0 Å². The lowest BCUT2D eigenvalue weighted by atomic mass is 9.59. The third-order valence-electron chi connectivity index (χ3n) is 4.39. The van der Waals surface area contributed by atoms with Gasteiger partial charge in [-0.15, -0.1) is 0 Å². The van der Waals surface area contributed by atoms with Gasteiger partial charge in [0.1, 0.15) is 11.9 Å². The van der Waals surface area contributed by atoms with Crippen LogP contribution in [0.2, 0.25) is 0 Å². The van der Waals surface area contributed by atoms with E-state index in [1.807, 2.05) is 12.1 Å². The van der Waals surface area contributed by atoms with Crippen molar-refractivity contribution < 1.29 is 4.74 Å². The van der Waals surface area contributed by atoms with E-state index in [-0.39, 0.29) is 17.6 Å². The molecule has 0 bridgehead atoms. The van der Waals surface area contributed by atoms with E-state index in [4.69, 9.17) is 10.5 Å². The number of nitrogens with two attached hydrogens (primary N) is 1. The highest BCUT2D eigenvalue weighted by atomic mass is 79.9. The van der Waals surface area contributed by atoms with Crippen molar-refractivity contribution in [1.82, 2.24) is 0 Å². The minimum Gasteiger partial charge on any atom is -0.487 e. The number of hydrogen-bond donors (Lipinski definition) is 1. The van der Waals surface area contributed by atoms with Crippen molar-refractivity contribution in [2.45, 2.75) is 45.3 Å². The van der Waals surface area contributed by atoms with Crippen molar-refractivity contribution in [2.24, 2.45) is 11.1 Å². The fourth-order valence-corrected chi connectivity index (χ4v) is 5.40. The predicted octanol–water partition coefficient (Wildman–Crippen LogP) is 5.26. The molecular formula is C14H18Br3NO. The zero-order valence-corrected chi connectivity index (χ0v) is 15.8. The molecule has 2 nitrogen and oxygen atoms in total. The van der Waals surface area contributed by atoms with Gasteiger partial charge in [-0.05, 0) is 56.8 Å². The van der Waals surface area contributed by atoms with Crippen molar-refractivity contribution in [3.05, 3.63) is 25.6 Å². The molecule has 0 spiro atoms. The number of halogens is 3. The lowest BCUT2D eigenvalue weighted by Gasteiger charge is -2.53. The van der Waals surface area contributed by atoms with Gasteiger partial charge in [-0.25, -0.2) is 0 Å². The van der Waals surface area contributed by atoms with Gasteiger partial charge in [-0.1, -0.05) is 29.8 Å². The van der Waals surface area contributed by atoms with Crippen LogP contribution in [0.1, 0.15) is 33.1 Å². The monoisotopic (exact) mass is 453 g/mol. The highest BCUT2D eigenvalue weighted by Gasteiger charge is 2.52. The van der Waals surface area contributed by atoms with Crippen LogP contribution in [-0.4, -0.2) is 12.1 Å². The second-order valence-corrected chi connectivity index (χ2v) is 7.71. The molecule has 0 aliphatic heterocycles. The zero-order chi connectivity index (χ0) is 14.2. The van der Waals surface area contributed by atoms with Gasteiger partial charge in [-0.3, -0.25) is 0 Å². The summed E-state index contributed by atoms with van der Waals surface area (Å²) in [5.74, 6) is 0.867. The van der Waals surface area contributed by atoms with Crippen molar-refractivity contribution >= 4 is 47.8 Å². The first-order chi connectivity index (χ1) is 8.94. The highest BCUT2D eigenvalue weighted by molar-refractivity contribution is 9.11. The van der Waals surface area contributed by atoms with Gasteiger partial charge in [-0.2, -0.15) is 0 Å². The molecule has 1 saturated carbocycles. The summed E-state index contributed by atoms with van der Waals surface area (Å²) in [7, 11) is 0. The van der Waals surface area contributed by atoms with Crippen LogP contribution in [0.3, 0.4) is 0 Å². The summed E-state index contributed by atoms with van der Waals surface area (Å²) >= 11 is 10.6. The average molecular weight is 456 g/mol. The van der Waals surface area contributed by atoms with Gasteiger partial charge in [0.25, 0.3) is 0 Å². The average Bonchev–Trinajstić information content (AvgIpc) is 2.33. The number of rotatable bonds is 4. The number of benzene rings is 1. The van der Waals surface area contributed by atoms with E-state index < -0.39 is 0 Å². The number of hydrogen-bond acceptors (Lipinski definition) is 2. The Hall–Kier alpha value is 0.420. The van der Waals surface area contributed by atoms with Gasteiger partial charge in [0.15, 0.2) is 0 Å². The molecule has 1 aromatic carbocycles. The summed E-state index contributed by atoms with van der Waals surface area (Å²) < 4.78 is 9.16. The first kappa shape index (κ1) is 15.8. The Bertz CT molecular complexity index is 451. The van der Waals surface area contributed by atoms with Crippen LogP contribution in [0.25, 0.3) is 0 Å². The summed E-state index contributed by atoms with van der Waals surface area (Å²) in [5, 5.41) is 0. The smallest absolute Gasteiger partial charge is 0.148 e. The second kappa shape index (κ2) is 6.04. The van der Waals surface area contributed by atoms with Gasteiger partial charge in [0.05, 0.1) is 8.95 Å². The molecule has 1 aliphatic carbocycles. The van der Waals surface area contributed by atoms with Crippen LogP contribution in [0.15, 0.2) is 25.6 Å². The minimum atomic E-state index is 0.117. The molecule has 5 heteroatoms. The molecule has 1 aliphatic rings. The Morgan fingerprint density at radius 3 is 2.16 bits per heavy atom. The first-order valence-corrected chi connectivity index (χ1v) is 8.89. The minimum absolute atomic E-state index is 0.117. The maximum absolute atomic E-state index is 6.24. The Kier molecular flexibility index (Phi) is 5.02. The Morgan fingerprint density at radius 2 is 1.74 bits per heavy atom. The molecule has 1 fully saturated rings. The Labute approximate surface area is 139 Å². The molecule has 0 saturated heterocycles. The second-order valence-electron chi connectivity index (χ2n) is 5.09. The van der Waals surface area contributed by atoms with E-state index in [2.05, 4.69) is 61.6 Å². The molecule has 2 rings (SSSR count). The fraction of sp³-hybridized carbons (Fsp3) is 0.571. The van der Waals surface area contributed by atoms with Crippen molar-refractivity contribution in [3.63, 3.8) is 0 Å². The fourth-order valence-electron chi connectivity index (χ4n) is 2.96.